The van der Waals surface area contributed by atoms with Crippen molar-refractivity contribution in [1.82, 2.24) is 0 Å². The maximum absolute atomic E-state index is 13.1. The van der Waals surface area contributed by atoms with Crippen molar-refractivity contribution in [2.75, 3.05) is 39.6 Å². The third-order valence-electron chi connectivity index (χ3n) is 16.3. The fourth-order valence-corrected chi connectivity index (χ4v) is 11.8. The Hall–Kier alpha value is -5.06. The summed E-state index contributed by atoms with van der Waals surface area (Å²) in [5.74, 6) is -2.31. The van der Waals surface area contributed by atoms with Gasteiger partial charge in [-0.2, -0.15) is 0 Å². The lowest BCUT2D eigenvalue weighted by atomic mass is 10.1. The van der Waals surface area contributed by atoms with E-state index in [1.165, 1.54) is 51.4 Å². The summed E-state index contributed by atoms with van der Waals surface area (Å²) in [7, 11) is -9.99. The lowest BCUT2D eigenvalue weighted by molar-refractivity contribution is -0.161. The maximum atomic E-state index is 13.1. The highest BCUT2D eigenvalue weighted by Crippen LogP contribution is 2.45. The molecule has 19 heteroatoms. The molecule has 0 fully saturated rings. The summed E-state index contributed by atoms with van der Waals surface area (Å²) >= 11 is 0. The molecule has 0 rings (SSSR count). The van der Waals surface area contributed by atoms with Gasteiger partial charge >= 0.3 is 39.5 Å². The summed E-state index contributed by atoms with van der Waals surface area (Å²) in [4.78, 5) is 73.0. The second-order valence-electron chi connectivity index (χ2n) is 26.2. The number of phosphoric ester groups is 2. The molecule has 0 aromatic rings. The standard InChI is InChI=1S/C85H142O17P2/c1-5-9-13-17-21-25-29-32-35-37-39-41-44-47-51-54-58-62-66-70-83(88)96-76-81(102-85(90)72-68-64-60-56-52-48-45-42-40-38-36-33-30-26-22-18-14-10-6-2)78-100-104(93,94)98-74-79(86)73-97-103(91,92)99-77-80(101-84(89)71-67-63-59-55-49-28-24-20-16-12-8-4)75-95-82(87)69-65-61-57-53-50-46-43-34-31-27-23-19-15-11-7-3/h9-10,13-14,20-22,24-26,32-36,39-43,47,51,58,62,79-81,86H,5-8,11-12,15-19,23,27-31,37-38,44-46,48-50,52-57,59-61,63-78H2,1-4H3,(H,91,92)(H,93,94)/b13-9-,14-10-,24-20-,25-21-,26-22-,35-32-,36-33-,41-39-,42-40-,43-34-,51-47-,62-58-. The summed E-state index contributed by atoms with van der Waals surface area (Å²) < 4.78 is 68.5. The molecular weight excluding hydrogens is 1350 g/mol. The lowest BCUT2D eigenvalue weighted by Gasteiger charge is -2.21. The number of rotatable bonds is 74. The van der Waals surface area contributed by atoms with Crippen molar-refractivity contribution in [1.29, 1.82) is 0 Å². The van der Waals surface area contributed by atoms with Crippen LogP contribution in [0.4, 0.5) is 0 Å². The molecule has 0 saturated heterocycles. The Labute approximate surface area is 630 Å². The van der Waals surface area contributed by atoms with Crippen LogP contribution in [0.2, 0.25) is 0 Å². The van der Waals surface area contributed by atoms with Crippen LogP contribution in [-0.2, 0) is 65.4 Å². The van der Waals surface area contributed by atoms with Crippen LogP contribution in [-0.4, -0.2) is 96.7 Å². The summed E-state index contributed by atoms with van der Waals surface area (Å²) in [5, 5.41) is 10.6. The summed E-state index contributed by atoms with van der Waals surface area (Å²) in [6, 6.07) is 0. The molecular formula is C85H142O17P2. The molecule has 594 valence electrons. The Kier molecular flexibility index (Phi) is 72.4. The van der Waals surface area contributed by atoms with E-state index < -0.39 is 97.5 Å². The van der Waals surface area contributed by atoms with E-state index in [1.54, 1.807) is 0 Å². The molecule has 5 unspecified atom stereocenters. The average Bonchev–Trinajstić information content (AvgIpc) is 0.928. The zero-order valence-corrected chi connectivity index (χ0v) is 66.7. The van der Waals surface area contributed by atoms with Gasteiger partial charge in [-0.05, 0) is 148 Å². The Morgan fingerprint density at radius 3 is 0.865 bits per heavy atom. The third kappa shape index (κ3) is 75.2. The topological polar surface area (TPSA) is 237 Å². The number of aliphatic hydroxyl groups is 1. The van der Waals surface area contributed by atoms with Gasteiger partial charge in [0.05, 0.1) is 26.4 Å². The van der Waals surface area contributed by atoms with E-state index in [0.29, 0.717) is 32.1 Å². The highest BCUT2D eigenvalue weighted by Gasteiger charge is 2.30. The first-order valence-electron chi connectivity index (χ1n) is 40.1. The number of esters is 4. The normalized spacial score (nSPS) is 14.6. The Morgan fingerprint density at radius 1 is 0.279 bits per heavy atom. The maximum Gasteiger partial charge on any atom is 0.472 e. The van der Waals surface area contributed by atoms with Crippen molar-refractivity contribution in [3.8, 4) is 0 Å². The molecule has 0 radical (unpaired) electrons. The first kappa shape index (κ1) is 98.9. The van der Waals surface area contributed by atoms with E-state index in [4.69, 9.17) is 37.0 Å². The van der Waals surface area contributed by atoms with Crippen LogP contribution in [0.25, 0.3) is 0 Å². The van der Waals surface area contributed by atoms with Gasteiger partial charge in [0.2, 0.25) is 0 Å². The number of phosphoric acid groups is 2. The van der Waals surface area contributed by atoms with Gasteiger partial charge in [-0.25, -0.2) is 9.13 Å². The van der Waals surface area contributed by atoms with Gasteiger partial charge in [0.15, 0.2) is 12.2 Å². The van der Waals surface area contributed by atoms with Crippen LogP contribution < -0.4 is 0 Å². The van der Waals surface area contributed by atoms with E-state index in [2.05, 4.69) is 155 Å². The van der Waals surface area contributed by atoms with Crippen LogP contribution in [0.15, 0.2) is 146 Å². The minimum atomic E-state index is -5.00. The van der Waals surface area contributed by atoms with Gasteiger partial charge in [0, 0.05) is 25.7 Å². The van der Waals surface area contributed by atoms with Crippen LogP contribution in [0.5, 0.6) is 0 Å². The minimum Gasteiger partial charge on any atom is -0.462 e. The highest BCUT2D eigenvalue weighted by molar-refractivity contribution is 7.47. The molecule has 0 heterocycles. The minimum absolute atomic E-state index is 0.0283. The van der Waals surface area contributed by atoms with Crippen molar-refractivity contribution in [2.45, 2.75) is 329 Å². The number of carbonyl (C=O) groups excluding carboxylic acids is 4. The SMILES string of the molecule is CC/C=C\C/C=C\C/C=C\C/C=C\C/C=C\C/C=C\CCC(=O)OCC(COP(=O)(O)OCC(O)COP(=O)(O)OCC(COC(=O)CCCCCCC/C=C\CCCCCCCC)OC(=O)CCCCCCC/C=C\CCCC)OC(=O)CCCCCCCC/C=C\C/C=C\C/C=C\C/C=C\CC. The molecule has 104 heavy (non-hydrogen) atoms. The number of allylic oxidation sites excluding steroid dienone is 24. The first-order chi connectivity index (χ1) is 50.7. The van der Waals surface area contributed by atoms with E-state index >= 15 is 0 Å². The van der Waals surface area contributed by atoms with Crippen molar-refractivity contribution in [2.24, 2.45) is 0 Å². The Morgan fingerprint density at radius 2 is 0.529 bits per heavy atom. The number of hydrogen-bond acceptors (Lipinski definition) is 15. The van der Waals surface area contributed by atoms with E-state index in [1.807, 2.05) is 18.2 Å². The molecule has 5 atom stereocenters. The van der Waals surface area contributed by atoms with Crippen LogP contribution >= 0.6 is 15.6 Å². The summed E-state index contributed by atoms with van der Waals surface area (Å²) in [6.07, 6.45) is 87.0. The molecule has 0 aromatic carbocycles. The highest BCUT2D eigenvalue weighted by atomic mass is 31.2. The van der Waals surface area contributed by atoms with E-state index in [0.717, 1.165) is 173 Å². The molecule has 3 N–H and O–H groups in total. The van der Waals surface area contributed by atoms with Crippen molar-refractivity contribution in [3.63, 3.8) is 0 Å². The molecule has 0 aliphatic carbocycles. The predicted octanol–water partition coefficient (Wildman–Crippen LogP) is 23.4. The van der Waals surface area contributed by atoms with Gasteiger partial charge in [0.25, 0.3) is 0 Å². The monoisotopic (exact) mass is 1500 g/mol. The largest absolute Gasteiger partial charge is 0.472 e. The van der Waals surface area contributed by atoms with Gasteiger partial charge in [0.1, 0.15) is 19.3 Å². The number of carbonyl (C=O) groups is 4. The molecule has 0 spiro atoms. The van der Waals surface area contributed by atoms with E-state index in [9.17, 15) is 43.2 Å². The number of ether oxygens (including phenoxy) is 4. The zero-order chi connectivity index (χ0) is 76.0. The van der Waals surface area contributed by atoms with Crippen LogP contribution in [0.1, 0.15) is 310 Å². The second kappa shape index (κ2) is 76.1. The lowest BCUT2D eigenvalue weighted by Crippen LogP contribution is -2.30. The number of unbranched alkanes of at least 4 members (excludes halogenated alkanes) is 24. The molecule has 0 bridgehead atoms. The number of aliphatic hydroxyl groups excluding tert-OH is 1. The first-order valence-corrected chi connectivity index (χ1v) is 43.1. The second-order valence-corrected chi connectivity index (χ2v) is 29.1. The van der Waals surface area contributed by atoms with Crippen molar-refractivity contribution >= 4 is 39.5 Å². The summed E-state index contributed by atoms with van der Waals surface area (Å²) in [6.45, 7) is 4.49. The molecule has 0 amide bonds. The zero-order valence-electron chi connectivity index (χ0n) is 64.9. The van der Waals surface area contributed by atoms with Gasteiger partial charge in [-0.15, -0.1) is 0 Å². The molecule has 0 aliphatic heterocycles. The molecule has 0 aliphatic rings. The smallest absolute Gasteiger partial charge is 0.462 e. The number of hydrogen-bond donors (Lipinski definition) is 3. The molecule has 0 aromatic heterocycles. The van der Waals surface area contributed by atoms with Gasteiger partial charge in [-0.1, -0.05) is 283 Å². The molecule has 0 saturated carbocycles. The predicted molar refractivity (Wildman–Crippen MR) is 427 cm³/mol. The van der Waals surface area contributed by atoms with E-state index in [-0.39, 0.29) is 25.7 Å². The summed E-state index contributed by atoms with van der Waals surface area (Å²) in [5.41, 5.74) is 0. The fraction of sp³-hybridized carbons (Fsp3) is 0.671. The quantitative estimate of drug-likeness (QED) is 0.0169. The van der Waals surface area contributed by atoms with Gasteiger partial charge in [-0.3, -0.25) is 37.3 Å². The van der Waals surface area contributed by atoms with Crippen molar-refractivity contribution in [3.05, 3.63) is 146 Å². The average molecular weight is 1500 g/mol. The third-order valence-corrected chi connectivity index (χ3v) is 18.2. The van der Waals surface area contributed by atoms with Crippen LogP contribution in [0.3, 0.4) is 0 Å². The Balaban J connectivity index is 5.43. The fourth-order valence-electron chi connectivity index (χ4n) is 10.2. The molecule has 17 nitrogen and oxygen atoms in total. The Bertz CT molecular complexity index is 2540. The van der Waals surface area contributed by atoms with Gasteiger partial charge < -0.3 is 33.8 Å². The van der Waals surface area contributed by atoms with Crippen molar-refractivity contribution < 1.29 is 80.2 Å². The van der Waals surface area contributed by atoms with Crippen LogP contribution in [0, 0.1) is 0 Å².